The van der Waals surface area contributed by atoms with Gasteiger partial charge in [0.05, 0.1) is 18.6 Å². The predicted molar refractivity (Wildman–Crippen MR) is 72.9 cm³/mol. The van der Waals surface area contributed by atoms with Gasteiger partial charge in [0.1, 0.15) is 16.8 Å². The number of ether oxygens (including phenoxy) is 1. The highest BCUT2D eigenvalue weighted by Gasteiger charge is 2.35. The summed E-state index contributed by atoms with van der Waals surface area (Å²) < 4.78 is 31.9. The van der Waals surface area contributed by atoms with Crippen LogP contribution in [0.2, 0.25) is 0 Å². The molecule has 1 aliphatic rings. The van der Waals surface area contributed by atoms with Crippen LogP contribution in [-0.2, 0) is 0 Å². The number of nitrogens with one attached hydrogen (secondary N) is 1. The SMILES string of the molecule is Nc1ccc(OCC2CCC(F)(F)CC2)c2[nH]cnc12. The second-order valence-electron chi connectivity index (χ2n) is 5.39. The number of hydrogen-bond donors (Lipinski definition) is 2. The number of H-pyrrole nitrogens is 1. The van der Waals surface area contributed by atoms with E-state index in [0.29, 0.717) is 36.4 Å². The largest absolute Gasteiger partial charge is 0.491 e. The number of nitrogens with zero attached hydrogens (tertiary/aromatic N) is 1. The van der Waals surface area contributed by atoms with Gasteiger partial charge in [-0.05, 0) is 30.9 Å². The molecule has 0 unspecified atom stereocenters. The highest BCUT2D eigenvalue weighted by molar-refractivity contribution is 5.91. The van der Waals surface area contributed by atoms with E-state index in [1.807, 2.05) is 0 Å². The van der Waals surface area contributed by atoms with Crippen LogP contribution in [0.1, 0.15) is 25.7 Å². The number of aromatic amines is 1. The summed E-state index contributed by atoms with van der Waals surface area (Å²) in [6, 6.07) is 3.53. The van der Waals surface area contributed by atoms with Crippen molar-refractivity contribution >= 4 is 16.7 Å². The van der Waals surface area contributed by atoms with Gasteiger partial charge in [-0.15, -0.1) is 0 Å². The standard InChI is InChI=1S/C14H17F2N3O/c15-14(16)5-3-9(4-6-14)7-20-11-2-1-10(17)12-13(11)19-8-18-12/h1-2,8-9H,3-7,17H2,(H,18,19). The van der Waals surface area contributed by atoms with Crippen molar-refractivity contribution in [2.75, 3.05) is 12.3 Å². The second-order valence-corrected chi connectivity index (χ2v) is 5.39. The molecule has 1 heterocycles. The summed E-state index contributed by atoms with van der Waals surface area (Å²) in [5.41, 5.74) is 7.84. The van der Waals surface area contributed by atoms with Gasteiger partial charge in [0.15, 0.2) is 0 Å². The first-order valence-corrected chi connectivity index (χ1v) is 6.77. The number of alkyl halides is 2. The second kappa shape index (κ2) is 4.92. The van der Waals surface area contributed by atoms with Crippen LogP contribution in [0, 0.1) is 5.92 Å². The lowest BCUT2D eigenvalue weighted by atomic mass is 9.87. The van der Waals surface area contributed by atoms with Crippen molar-refractivity contribution in [3.8, 4) is 5.75 Å². The van der Waals surface area contributed by atoms with E-state index in [2.05, 4.69) is 9.97 Å². The molecule has 1 aliphatic carbocycles. The number of anilines is 1. The van der Waals surface area contributed by atoms with Crippen LogP contribution in [0.25, 0.3) is 11.0 Å². The third kappa shape index (κ3) is 2.55. The molecule has 2 aromatic rings. The van der Waals surface area contributed by atoms with Crippen molar-refractivity contribution in [2.45, 2.75) is 31.6 Å². The van der Waals surface area contributed by atoms with Crippen LogP contribution >= 0.6 is 0 Å². The van der Waals surface area contributed by atoms with Crippen LogP contribution in [0.5, 0.6) is 5.75 Å². The number of nitrogens with two attached hydrogens (primary N) is 1. The minimum Gasteiger partial charge on any atom is -0.491 e. The predicted octanol–water partition coefficient (Wildman–Crippen LogP) is 3.35. The highest BCUT2D eigenvalue weighted by Crippen LogP contribution is 2.36. The number of imidazole rings is 1. The Balaban J connectivity index is 1.66. The zero-order valence-electron chi connectivity index (χ0n) is 11.0. The zero-order valence-corrected chi connectivity index (χ0v) is 11.0. The molecular formula is C14H17F2N3O. The van der Waals surface area contributed by atoms with Crippen molar-refractivity contribution in [3.63, 3.8) is 0 Å². The van der Waals surface area contributed by atoms with Crippen LogP contribution in [0.15, 0.2) is 18.5 Å². The molecule has 0 amide bonds. The smallest absolute Gasteiger partial charge is 0.248 e. The fourth-order valence-electron chi connectivity index (χ4n) is 2.62. The molecule has 1 fully saturated rings. The molecule has 1 saturated carbocycles. The lowest BCUT2D eigenvalue weighted by Crippen LogP contribution is -2.27. The Bertz CT molecular complexity index is 601. The van der Waals surface area contributed by atoms with E-state index in [1.54, 1.807) is 18.5 Å². The first kappa shape index (κ1) is 13.1. The third-order valence-electron chi connectivity index (χ3n) is 3.88. The number of halogens is 2. The van der Waals surface area contributed by atoms with E-state index < -0.39 is 5.92 Å². The number of nitrogen functional groups attached to an aromatic ring is 1. The number of rotatable bonds is 3. The molecule has 0 bridgehead atoms. The quantitative estimate of drug-likeness (QED) is 0.848. The molecule has 1 aromatic heterocycles. The number of fused-ring (bicyclic) bond motifs is 1. The van der Waals surface area contributed by atoms with Crippen LogP contribution in [0.4, 0.5) is 14.5 Å². The molecule has 0 saturated heterocycles. The molecular weight excluding hydrogens is 264 g/mol. The van der Waals surface area contributed by atoms with Crippen LogP contribution < -0.4 is 10.5 Å². The summed E-state index contributed by atoms with van der Waals surface area (Å²) in [4.78, 5) is 7.13. The van der Waals surface area contributed by atoms with E-state index in [9.17, 15) is 8.78 Å². The van der Waals surface area contributed by atoms with Crippen LogP contribution in [0.3, 0.4) is 0 Å². The normalized spacial score (nSPS) is 19.3. The molecule has 4 nitrogen and oxygen atoms in total. The molecule has 0 spiro atoms. The monoisotopic (exact) mass is 281 g/mol. The zero-order chi connectivity index (χ0) is 14.2. The lowest BCUT2D eigenvalue weighted by Gasteiger charge is -2.28. The van der Waals surface area contributed by atoms with Gasteiger partial charge in [-0.3, -0.25) is 0 Å². The Morgan fingerprint density at radius 3 is 2.85 bits per heavy atom. The number of aromatic nitrogens is 2. The van der Waals surface area contributed by atoms with Gasteiger partial charge in [-0.25, -0.2) is 13.8 Å². The van der Waals surface area contributed by atoms with Gasteiger partial charge in [0.2, 0.25) is 5.92 Å². The Labute approximate surface area is 115 Å². The average Bonchev–Trinajstić information content (AvgIpc) is 2.90. The third-order valence-corrected chi connectivity index (χ3v) is 3.88. The van der Waals surface area contributed by atoms with Crippen molar-refractivity contribution in [3.05, 3.63) is 18.5 Å². The summed E-state index contributed by atoms with van der Waals surface area (Å²) in [7, 11) is 0. The molecule has 108 valence electrons. The van der Waals surface area contributed by atoms with Crippen molar-refractivity contribution < 1.29 is 13.5 Å². The summed E-state index contributed by atoms with van der Waals surface area (Å²) >= 11 is 0. The average molecular weight is 281 g/mol. The summed E-state index contributed by atoms with van der Waals surface area (Å²) in [5, 5.41) is 0. The minimum atomic E-state index is -2.49. The van der Waals surface area contributed by atoms with Gasteiger partial charge in [0.25, 0.3) is 0 Å². The van der Waals surface area contributed by atoms with E-state index in [1.165, 1.54) is 0 Å². The van der Waals surface area contributed by atoms with Crippen molar-refractivity contribution in [2.24, 2.45) is 5.92 Å². The highest BCUT2D eigenvalue weighted by atomic mass is 19.3. The number of hydrogen-bond acceptors (Lipinski definition) is 3. The summed E-state index contributed by atoms with van der Waals surface area (Å²) in [6.45, 7) is 0.452. The molecule has 20 heavy (non-hydrogen) atoms. The van der Waals surface area contributed by atoms with E-state index >= 15 is 0 Å². The molecule has 0 atom stereocenters. The van der Waals surface area contributed by atoms with Gasteiger partial charge < -0.3 is 15.5 Å². The van der Waals surface area contributed by atoms with E-state index in [-0.39, 0.29) is 18.8 Å². The maximum Gasteiger partial charge on any atom is 0.248 e. The fourth-order valence-corrected chi connectivity index (χ4v) is 2.62. The van der Waals surface area contributed by atoms with E-state index in [0.717, 1.165) is 5.52 Å². The first-order chi connectivity index (χ1) is 9.55. The van der Waals surface area contributed by atoms with Gasteiger partial charge in [0, 0.05) is 12.8 Å². The molecule has 3 N–H and O–H groups in total. The molecule has 0 aliphatic heterocycles. The summed E-state index contributed by atoms with van der Waals surface area (Å²) in [6.07, 6.45) is 2.50. The first-order valence-electron chi connectivity index (χ1n) is 6.77. The Morgan fingerprint density at radius 2 is 2.10 bits per heavy atom. The van der Waals surface area contributed by atoms with E-state index in [4.69, 9.17) is 10.5 Å². The number of benzene rings is 1. The van der Waals surface area contributed by atoms with Crippen LogP contribution in [-0.4, -0.2) is 22.5 Å². The maximum atomic E-state index is 13.1. The maximum absolute atomic E-state index is 13.1. The molecule has 1 aromatic carbocycles. The molecule has 0 radical (unpaired) electrons. The van der Waals surface area contributed by atoms with Gasteiger partial charge in [-0.2, -0.15) is 0 Å². The fraction of sp³-hybridized carbons (Fsp3) is 0.500. The van der Waals surface area contributed by atoms with Crippen molar-refractivity contribution in [1.82, 2.24) is 9.97 Å². The summed E-state index contributed by atoms with van der Waals surface area (Å²) in [5.74, 6) is -1.64. The molecule has 6 heteroatoms. The lowest BCUT2D eigenvalue weighted by molar-refractivity contribution is -0.0498. The topological polar surface area (TPSA) is 63.9 Å². The van der Waals surface area contributed by atoms with Crippen molar-refractivity contribution in [1.29, 1.82) is 0 Å². The van der Waals surface area contributed by atoms with Gasteiger partial charge >= 0.3 is 0 Å². The Hall–Kier alpha value is -1.85. The Morgan fingerprint density at radius 1 is 1.35 bits per heavy atom. The molecule has 3 rings (SSSR count). The minimum absolute atomic E-state index is 0.0395. The Kier molecular flexibility index (Phi) is 3.23. The van der Waals surface area contributed by atoms with Gasteiger partial charge in [-0.1, -0.05) is 0 Å².